The third-order valence-electron chi connectivity index (χ3n) is 6.11. The number of hydrogen-bond donors (Lipinski definition) is 2. The van der Waals surface area contributed by atoms with Crippen molar-refractivity contribution < 1.29 is 19.1 Å². The van der Waals surface area contributed by atoms with Crippen LogP contribution in [0.5, 0.6) is 5.75 Å². The van der Waals surface area contributed by atoms with E-state index in [0.717, 1.165) is 29.7 Å². The normalized spacial score (nSPS) is 15.2. The maximum atomic E-state index is 12.7. The van der Waals surface area contributed by atoms with Gasteiger partial charge in [0, 0.05) is 37.4 Å². The second kappa shape index (κ2) is 9.62. The average molecular weight is 451 g/mol. The minimum atomic E-state index is -0.138. The van der Waals surface area contributed by atoms with Crippen molar-refractivity contribution >= 4 is 34.8 Å². The molecule has 4 rings (SSSR count). The van der Waals surface area contributed by atoms with Crippen LogP contribution in [0.25, 0.3) is 0 Å². The number of likely N-dealkylation sites (N-methyl/N-ethyl adjacent to an activating group) is 1. The number of carbonyl (C=O) groups excluding carboxylic acids is 3. The molecule has 1 aliphatic carbocycles. The van der Waals surface area contributed by atoms with Crippen molar-refractivity contribution in [3.8, 4) is 5.75 Å². The van der Waals surface area contributed by atoms with Crippen LogP contribution in [-0.4, -0.2) is 55.4 Å². The highest BCUT2D eigenvalue weighted by molar-refractivity contribution is 5.99. The number of ether oxygens (including phenoxy) is 1. The van der Waals surface area contributed by atoms with Gasteiger partial charge in [0.05, 0.1) is 12.2 Å². The van der Waals surface area contributed by atoms with E-state index in [1.54, 1.807) is 25.2 Å². The Hall–Kier alpha value is -3.39. The molecule has 2 aromatic carbocycles. The third kappa shape index (κ3) is 5.51. The Morgan fingerprint density at radius 1 is 1.09 bits per heavy atom. The van der Waals surface area contributed by atoms with Crippen LogP contribution in [0.2, 0.25) is 0 Å². The monoisotopic (exact) mass is 450 g/mol. The minimum Gasteiger partial charge on any atom is -0.482 e. The Labute approximate surface area is 193 Å². The van der Waals surface area contributed by atoms with E-state index in [9.17, 15) is 14.4 Å². The lowest BCUT2D eigenvalue weighted by molar-refractivity contribution is -0.121. The number of rotatable bonds is 8. The molecule has 0 spiro atoms. The van der Waals surface area contributed by atoms with Gasteiger partial charge in [0.15, 0.2) is 6.61 Å². The summed E-state index contributed by atoms with van der Waals surface area (Å²) >= 11 is 0. The van der Waals surface area contributed by atoms with Crippen molar-refractivity contribution in [2.45, 2.75) is 39.2 Å². The predicted octanol–water partition coefficient (Wildman–Crippen LogP) is 3.09. The zero-order valence-corrected chi connectivity index (χ0v) is 19.3. The molecular weight excluding hydrogens is 420 g/mol. The molecule has 8 heteroatoms. The van der Waals surface area contributed by atoms with Gasteiger partial charge < -0.3 is 20.3 Å². The van der Waals surface area contributed by atoms with Gasteiger partial charge in [-0.05, 0) is 56.0 Å². The van der Waals surface area contributed by atoms with E-state index in [1.165, 1.54) is 4.90 Å². The maximum absolute atomic E-state index is 12.7. The number of hydrogen-bond acceptors (Lipinski definition) is 5. The van der Waals surface area contributed by atoms with Crippen LogP contribution in [-0.2, 0) is 14.4 Å². The van der Waals surface area contributed by atoms with Crippen molar-refractivity contribution in [3.05, 3.63) is 47.5 Å². The van der Waals surface area contributed by atoms with E-state index in [0.29, 0.717) is 29.7 Å². The molecule has 1 aliphatic heterocycles. The molecule has 2 aliphatic rings. The molecule has 0 bridgehead atoms. The van der Waals surface area contributed by atoms with Crippen molar-refractivity contribution in [2.24, 2.45) is 0 Å². The van der Waals surface area contributed by atoms with Gasteiger partial charge in [-0.1, -0.05) is 18.2 Å². The molecule has 1 fully saturated rings. The van der Waals surface area contributed by atoms with Crippen LogP contribution in [0.3, 0.4) is 0 Å². The summed E-state index contributed by atoms with van der Waals surface area (Å²) in [6.07, 6.45) is 2.36. The van der Waals surface area contributed by atoms with Crippen LogP contribution in [0.1, 0.15) is 30.4 Å². The number of amides is 3. The lowest BCUT2D eigenvalue weighted by atomic mass is 10.1. The number of fused-ring (bicyclic) bond motifs is 1. The number of benzene rings is 2. The summed E-state index contributed by atoms with van der Waals surface area (Å²) < 4.78 is 5.42. The Kier molecular flexibility index (Phi) is 6.65. The lowest BCUT2D eigenvalue weighted by Crippen LogP contribution is -2.37. The van der Waals surface area contributed by atoms with Crippen molar-refractivity contribution in [1.82, 2.24) is 4.90 Å². The van der Waals surface area contributed by atoms with E-state index in [-0.39, 0.29) is 37.3 Å². The van der Waals surface area contributed by atoms with Crippen LogP contribution in [0, 0.1) is 13.8 Å². The van der Waals surface area contributed by atoms with E-state index < -0.39 is 0 Å². The molecule has 8 nitrogen and oxygen atoms in total. The van der Waals surface area contributed by atoms with Crippen molar-refractivity contribution in [3.63, 3.8) is 0 Å². The van der Waals surface area contributed by atoms with Gasteiger partial charge in [0.2, 0.25) is 11.8 Å². The fourth-order valence-electron chi connectivity index (χ4n) is 4.02. The van der Waals surface area contributed by atoms with Crippen LogP contribution in [0.4, 0.5) is 17.1 Å². The quantitative estimate of drug-likeness (QED) is 0.645. The highest BCUT2D eigenvalue weighted by Gasteiger charge is 2.30. The van der Waals surface area contributed by atoms with Crippen molar-refractivity contribution in [2.75, 3.05) is 42.3 Å². The number of nitrogens with zero attached hydrogens (tertiary/aromatic N) is 2. The number of para-hydroxylation sites is 1. The molecular formula is C25H30N4O4. The summed E-state index contributed by atoms with van der Waals surface area (Å²) in [7, 11) is 1.69. The molecule has 33 heavy (non-hydrogen) atoms. The topological polar surface area (TPSA) is 91.0 Å². The van der Waals surface area contributed by atoms with Crippen LogP contribution >= 0.6 is 0 Å². The fourth-order valence-corrected chi connectivity index (χ4v) is 4.02. The molecule has 174 valence electrons. The van der Waals surface area contributed by atoms with Crippen molar-refractivity contribution in [1.29, 1.82) is 0 Å². The van der Waals surface area contributed by atoms with Gasteiger partial charge in [-0.25, -0.2) is 0 Å². The Bertz CT molecular complexity index is 1060. The zero-order valence-electron chi connectivity index (χ0n) is 19.3. The number of anilines is 3. The minimum absolute atomic E-state index is 0.0171. The molecule has 0 atom stereocenters. The first-order valence-corrected chi connectivity index (χ1v) is 11.2. The largest absolute Gasteiger partial charge is 0.482 e. The molecule has 0 saturated heterocycles. The van der Waals surface area contributed by atoms with Gasteiger partial charge in [-0.2, -0.15) is 0 Å². The van der Waals surface area contributed by atoms with Crippen LogP contribution < -0.4 is 20.3 Å². The summed E-state index contributed by atoms with van der Waals surface area (Å²) in [5, 5.41) is 5.92. The first kappa shape index (κ1) is 22.8. The molecule has 0 unspecified atom stereocenters. The lowest BCUT2D eigenvalue weighted by Gasteiger charge is -2.26. The molecule has 0 radical (unpaired) electrons. The van der Waals surface area contributed by atoms with Crippen LogP contribution in [0.15, 0.2) is 36.4 Å². The molecule has 1 heterocycles. The number of carbonyl (C=O) groups is 3. The number of nitrogens with one attached hydrogen (secondary N) is 2. The molecule has 0 aromatic heterocycles. The van der Waals surface area contributed by atoms with E-state index in [2.05, 4.69) is 15.5 Å². The highest BCUT2D eigenvalue weighted by Crippen LogP contribution is 2.33. The van der Waals surface area contributed by atoms with E-state index >= 15 is 0 Å². The summed E-state index contributed by atoms with van der Waals surface area (Å²) in [6, 6.07) is 11.5. The second-order valence-electron chi connectivity index (χ2n) is 8.74. The number of aryl methyl sites for hydroxylation is 2. The molecule has 3 amide bonds. The second-order valence-corrected chi connectivity index (χ2v) is 8.74. The Balaban J connectivity index is 1.32. The Morgan fingerprint density at radius 2 is 1.82 bits per heavy atom. The van der Waals surface area contributed by atoms with Gasteiger partial charge in [-0.15, -0.1) is 0 Å². The van der Waals surface area contributed by atoms with E-state index in [1.807, 2.05) is 32.0 Å². The summed E-state index contributed by atoms with van der Waals surface area (Å²) in [5.41, 5.74) is 4.16. The first-order valence-electron chi connectivity index (χ1n) is 11.2. The predicted molar refractivity (Wildman–Crippen MR) is 128 cm³/mol. The first-order chi connectivity index (χ1) is 15.8. The highest BCUT2D eigenvalue weighted by atomic mass is 16.5. The van der Waals surface area contributed by atoms with Gasteiger partial charge in [-0.3, -0.25) is 19.3 Å². The maximum Gasteiger partial charge on any atom is 0.264 e. The summed E-state index contributed by atoms with van der Waals surface area (Å²) in [6.45, 7) is 4.74. The Morgan fingerprint density at radius 3 is 2.52 bits per heavy atom. The SMILES string of the molecule is Cc1cccc(C)c1NC(=O)CN(CCC(=O)Nc1ccc2c(c1)N(C)C(=O)CO2)C1CC1. The van der Waals surface area contributed by atoms with Gasteiger partial charge >= 0.3 is 0 Å². The smallest absolute Gasteiger partial charge is 0.264 e. The van der Waals surface area contributed by atoms with E-state index in [4.69, 9.17) is 4.74 Å². The molecule has 1 saturated carbocycles. The fraction of sp³-hybridized carbons (Fsp3) is 0.400. The molecule has 2 N–H and O–H groups in total. The standard InChI is InChI=1S/C25H30N4O4/c1-16-5-4-6-17(2)25(16)27-23(31)14-29(19-8-9-19)12-11-22(30)26-18-7-10-21-20(13-18)28(3)24(32)15-33-21/h4-7,10,13,19H,8-9,11-12,14-15H2,1-3H3,(H,26,30)(H,27,31). The average Bonchev–Trinajstić information content (AvgIpc) is 3.62. The molecule has 2 aromatic rings. The van der Waals surface area contributed by atoms with Gasteiger partial charge in [0.1, 0.15) is 5.75 Å². The summed E-state index contributed by atoms with van der Waals surface area (Å²) in [5.74, 6) is 0.277. The van der Waals surface area contributed by atoms with Gasteiger partial charge in [0.25, 0.3) is 5.91 Å². The third-order valence-corrected chi connectivity index (χ3v) is 6.11. The summed E-state index contributed by atoms with van der Waals surface area (Å²) in [4.78, 5) is 40.7. The zero-order chi connectivity index (χ0) is 23.5.